The van der Waals surface area contributed by atoms with Crippen LogP contribution in [0.1, 0.15) is 19.4 Å². The lowest BCUT2D eigenvalue weighted by Gasteiger charge is -2.21. The zero-order chi connectivity index (χ0) is 14.1. The first-order chi connectivity index (χ1) is 9.21. The maximum atomic E-state index is 8.95. The van der Waals surface area contributed by atoms with Crippen LogP contribution in [-0.4, -0.2) is 31.1 Å². The Labute approximate surface area is 114 Å². The van der Waals surface area contributed by atoms with Gasteiger partial charge in [0.1, 0.15) is 18.4 Å². The highest BCUT2D eigenvalue weighted by atomic mass is 16.5. The molecule has 4 nitrogen and oxygen atoms in total. The molecule has 19 heavy (non-hydrogen) atoms. The Morgan fingerprint density at radius 1 is 1.32 bits per heavy atom. The predicted octanol–water partition coefficient (Wildman–Crippen LogP) is 2.42. The van der Waals surface area contributed by atoms with Gasteiger partial charge in [0.05, 0.1) is 17.6 Å². The van der Waals surface area contributed by atoms with Gasteiger partial charge in [-0.05, 0) is 25.6 Å². The third kappa shape index (κ3) is 4.99. The molecule has 0 spiro atoms. The number of likely N-dealkylation sites (N-methyl/N-ethyl adjacent to an activating group) is 1. The molecule has 0 bridgehead atoms. The summed E-state index contributed by atoms with van der Waals surface area (Å²) in [6, 6.07) is 11.5. The molecule has 100 valence electrons. The Morgan fingerprint density at radius 2 is 2.05 bits per heavy atom. The van der Waals surface area contributed by atoms with Crippen LogP contribution in [0.3, 0.4) is 0 Å². The molecule has 0 saturated carbocycles. The first-order valence-corrected chi connectivity index (χ1v) is 6.45. The Kier molecular flexibility index (Phi) is 6.43. The molecular weight excluding hydrogens is 238 g/mol. The van der Waals surface area contributed by atoms with E-state index in [1.165, 1.54) is 0 Å². The molecule has 0 heterocycles. The summed E-state index contributed by atoms with van der Waals surface area (Å²) in [5.41, 5.74) is 0.552. The molecule has 1 aromatic carbocycles. The van der Waals surface area contributed by atoms with E-state index >= 15 is 0 Å². The van der Waals surface area contributed by atoms with Crippen molar-refractivity contribution in [3.8, 4) is 17.9 Å². The van der Waals surface area contributed by atoms with Crippen molar-refractivity contribution in [2.75, 3.05) is 26.2 Å². The Morgan fingerprint density at radius 3 is 2.68 bits per heavy atom. The fourth-order valence-corrected chi connectivity index (χ4v) is 1.78. The Hall–Kier alpha value is -2.04. The number of nitrogens with zero attached hydrogens (tertiary/aromatic N) is 3. The topological polar surface area (TPSA) is 60.0 Å². The van der Waals surface area contributed by atoms with E-state index in [-0.39, 0.29) is 5.92 Å². The van der Waals surface area contributed by atoms with Gasteiger partial charge in [0.25, 0.3) is 0 Å². The summed E-state index contributed by atoms with van der Waals surface area (Å²) in [5, 5.41) is 17.8. The van der Waals surface area contributed by atoms with E-state index in [1.807, 2.05) is 19.1 Å². The van der Waals surface area contributed by atoms with Crippen molar-refractivity contribution in [1.82, 2.24) is 4.90 Å². The van der Waals surface area contributed by atoms with Gasteiger partial charge < -0.3 is 4.74 Å². The fourth-order valence-electron chi connectivity index (χ4n) is 1.78. The van der Waals surface area contributed by atoms with Gasteiger partial charge in [-0.25, -0.2) is 0 Å². The van der Waals surface area contributed by atoms with Crippen LogP contribution in [0.25, 0.3) is 0 Å². The van der Waals surface area contributed by atoms with Gasteiger partial charge in [-0.2, -0.15) is 10.5 Å². The molecule has 0 amide bonds. The van der Waals surface area contributed by atoms with Gasteiger partial charge in [0.2, 0.25) is 0 Å². The van der Waals surface area contributed by atoms with Crippen molar-refractivity contribution in [2.45, 2.75) is 13.8 Å². The average Bonchev–Trinajstić information content (AvgIpc) is 2.46. The zero-order valence-corrected chi connectivity index (χ0v) is 11.5. The highest BCUT2D eigenvalue weighted by Crippen LogP contribution is 2.16. The first kappa shape index (κ1) is 15.0. The molecule has 0 radical (unpaired) electrons. The average molecular weight is 257 g/mol. The van der Waals surface area contributed by atoms with Crippen LogP contribution in [0, 0.1) is 28.6 Å². The van der Waals surface area contributed by atoms with E-state index in [4.69, 9.17) is 15.3 Å². The lowest BCUT2D eigenvalue weighted by molar-refractivity contribution is 0.206. The molecule has 0 fully saturated rings. The summed E-state index contributed by atoms with van der Waals surface area (Å²) < 4.78 is 5.63. The van der Waals surface area contributed by atoms with Gasteiger partial charge in [0.15, 0.2) is 0 Å². The van der Waals surface area contributed by atoms with Crippen molar-refractivity contribution in [1.29, 1.82) is 10.5 Å². The minimum absolute atomic E-state index is 0.0198. The van der Waals surface area contributed by atoms with Crippen LogP contribution in [0.15, 0.2) is 24.3 Å². The van der Waals surface area contributed by atoms with Gasteiger partial charge in [0, 0.05) is 13.1 Å². The van der Waals surface area contributed by atoms with E-state index in [0.717, 1.165) is 19.6 Å². The lowest BCUT2D eigenvalue weighted by Crippen LogP contribution is -2.32. The van der Waals surface area contributed by atoms with E-state index in [2.05, 4.69) is 24.0 Å². The van der Waals surface area contributed by atoms with Gasteiger partial charge in [-0.15, -0.1) is 0 Å². The van der Waals surface area contributed by atoms with Crippen molar-refractivity contribution in [3.05, 3.63) is 29.8 Å². The fraction of sp³-hybridized carbons (Fsp3) is 0.467. The van der Waals surface area contributed by atoms with Crippen LogP contribution >= 0.6 is 0 Å². The highest BCUT2D eigenvalue weighted by molar-refractivity contribution is 5.42. The third-order valence-electron chi connectivity index (χ3n) is 2.87. The van der Waals surface area contributed by atoms with Crippen LogP contribution in [0.4, 0.5) is 0 Å². The maximum absolute atomic E-state index is 8.95. The van der Waals surface area contributed by atoms with Crippen LogP contribution < -0.4 is 4.74 Å². The SMILES string of the molecule is CCN(CCOc1ccccc1C#N)CC(C)C#N. The van der Waals surface area contributed by atoms with E-state index in [9.17, 15) is 0 Å². The van der Waals surface area contributed by atoms with Crippen LogP contribution in [0.2, 0.25) is 0 Å². The second-order valence-electron chi connectivity index (χ2n) is 4.38. The minimum atomic E-state index is 0.0198. The highest BCUT2D eigenvalue weighted by Gasteiger charge is 2.08. The standard InChI is InChI=1S/C15H19N3O/c1-3-18(12-13(2)10-16)8-9-19-15-7-5-4-6-14(15)11-17/h4-7,13H,3,8-9,12H2,1-2H3. The quantitative estimate of drug-likeness (QED) is 0.752. The number of ether oxygens (including phenoxy) is 1. The molecule has 0 aliphatic rings. The smallest absolute Gasteiger partial charge is 0.137 e. The largest absolute Gasteiger partial charge is 0.491 e. The molecule has 0 aliphatic heterocycles. The summed E-state index contributed by atoms with van der Waals surface area (Å²) in [7, 11) is 0. The normalized spacial score (nSPS) is 11.6. The van der Waals surface area contributed by atoms with Crippen molar-refractivity contribution in [3.63, 3.8) is 0 Å². The van der Waals surface area contributed by atoms with Crippen LogP contribution in [-0.2, 0) is 0 Å². The first-order valence-electron chi connectivity index (χ1n) is 6.45. The Balaban J connectivity index is 2.45. The summed E-state index contributed by atoms with van der Waals surface area (Å²) in [6.45, 7) is 6.88. The molecule has 0 aromatic heterocycles. The van der Waals surface area contributed by atoms with Gasteiger partial charge >= 0.3 is 0 Å². The van der Waals surface area contributed by atoms with Gasteiger partial charge in [-0.1, -0.05) is 19.1 Å². The number of hydrogen-bond acceptors (Lipinski definition) is 4. The molecule has 0 N–H and O–H groups in total. The van der Waals surface area contributed by atoms with E-state index in [1.54, 1.807) is 12.1 Å². The maximum Gasteiger partial charge on any atom is 0.137 e. The summed E-state index contributed by atoms with van der Waals surface area (Å²) in [4.78, 5) is 2.17. The summed E-state index contributed by atoms with van der Waals surface area (Å²) >= 11 is 0. The monoisotopic (exact) mass is 257 g/mol. The summed E-state index contributed by atoms with van der Waals surface area (Å²) in [5.74, 6) is 0.640. The molecule has 0 aliphatic carbocycles. The Bertz CT molecular complexity index is 473. The number of nitriles is 2. The molecule has 1 atom stereocenters. The minimum Gasteiger partial charge on any atom is -0.491 e. The van der Waals surface area contributed by atoms with Crippen molar-refractivity contribution < 1.29 is 4.74 Å². The molecule has 1 unspecified atom stereocenters. The van der Waals surface area contributed by atoms with Crippen molar-refractivity contribution in [2.24, 2.45) is 5.92 Å². The zero-order valence-electron chi connectivity index (χ0n) is 11.5. The molecule has 4 heteroatoms. The number of rotatable bonds is 7. The van der Waals surface area contributed by atoms with E-state index in [0.29, 0.717) is 17.9 Å². The number of para-hydroxylation sites is 1. The number of hydrogen-bond donors (Lipinski definition) is 0. The number of benzene rings is 1. The second kappa shape index (κ2) is 8.13. The van der Waals surface area contributed by atoms with Crippen LogP contribution in [0.5, 0.6) is 5.75 Å². The molecule has 0 saturated heterocycles. The lowest BCUT2D eigenvalue weighted by atomic mass is 10.2. The summed E-state index contributed by atoms with van der Waals surface area (Å²) in [6.07, 6.45) is 0. The van der Waals surface area contributed by atoms with Gasteiger partial charge in [-0.3, -0.25) is 4.90 Å². The molecular formula is C15H19N3O. The molecule has 1 aromatic rings. The third-order valence-corrected chi connectivity index (χ3v) is 2.87. The van der Waals surface area contributed by atoms with E-state index < -0.39 is 0 Å². The second-order valence-corrected chi connectivity index (χ2v) is 4.38. The molecule has 1 rings (SSSR count). The predicted molar refractivity (Wildman–Crippen MR) is 73.5 cm³/mol. The van der Waals surface area contributed by atoms with Crippen molar-refractivity contribution >= 4 is 0 Å².